The summed E-state index contributed by atoms with van der Waals surface area (Å²) in [6.07, 6.45) is 1.74. The molecule has 1 aliphatic carbocycles. The second-order valence-electron chi connectivity index (χ2n) is 10.1. The first-order valence-corrected chi connectivity index (χ1v) is 14.2. The van der Waals surface area contributed by atoms with E-state index in [1.54, 1.807) is 19.9 Å². The van der Waals surface area contributed by atoms with Crippen molar-refractivity contribution in [3.8, 4) is 0 Å². The third kappa shape index (κ3) is 4.34. The molecule has 1 aliphatic rings. The smallest absolute Gasteiger partial charge is 0.332 e. The molecular weight excluding hydrogens is 500 g/mol. The van der Waals surface area contributed by atoms with Crippen LogP contribution in [0.1, 0.15) is 52.4 Å². The number of aromatic nitrogens is 4. The first-order chi connectivity index (χ1) is 16.9. The third-order valence-corrected chi connectivity index (χ3v) is 10.1. The molecule has 190 valence electrons. The van der Waals surface area contributed by atoms with E-state index in [0.29, 0.717) is 22.5 Å². The van der Waals surface area contributed by atoms with Crippen molar-refractivity contribution in [2.45, 2.75) is 65.4 Å². The van der Waals surface area contributed by atoms with Gasteiger partial charge in [0.15, 0.2) is 9.84 Å². The van der Waals surface area contributed by atoms with Crippen molar-refractivity contribution in [3.05, 3.63) is 71.6 Å². The molecular formula is C25H28N4O5S2. The number of thiazole rings is 1. The minimum atomic E-state index is -3.59. The van der Waals surface area contributed by atoms with E-state index >= 15 is 0 Å². The van der Waals surface area contributed by atoms with E-state index in [1.807, 2.05) is 20.8 Å². The lowest BCUT2D eigenvalue weighted by atomic mass is 10.2. The molecule has 9 nitrogen and oxygen atoms in total. The summed E-state index contributed by atoms with van der Waals surface area (Å²) < 4.78 is 34.2. The summed E-state index contributed by atoms with van der Waals surface area (Å²) in [6, 6.07) is 4.50. The lowest BCUT2D eigenvalue weighted by molar-refractivity contribution is 0.392. The average Bonchev–Trinajstić information content (AvgIpc) is 3.31. The van der Waals surface area contributed by atoms with E-state index in [-0.39, 0.29) is 34.5 Å². The van der Waals surface area contributed by atoms with Crippen LogP contribution < -0.4 is 11.2 Å². The molecule has 0 N–H and O–H groups in total. The van der Waals surface area contributed by atoms with E-state index in [9.17, 15) is 18.0 Å². The van der Waals surface area contributed by atoms with Crippen molar-refractivity contribution >= 4 is 32.1 Å². The summed E-state index contributed by atoms with van der Waals surface area (Å²) in [6.45, 7) is 9.42. The first-order valence-electron chi connectivity index (χ1n) is 11.7. The summed E-state index contributed by atoms with van der Waals surface area (Å²) in [5, 5.41) is 5.00. The zero-order chi connectivity index (χ0) is 26.0. The van der Waals surface area contributed by atoms with Crippen LogP contribution in [0.15, 0.2) is 37.2 Å². The molecule has 0 radical (unpaired) electrons. The zero-order valence-electron chi connectivity index (χ0n) is 20.9. The van der Waals surface area contributed by atoms with Gasteiger partial charge in [-0.05, 0) is 64.2 Å². The Bertz CT molecular complexity index is 1720. The summed E-state index contributed by atoms with van der Waals surface area (Å²) in [5.41, 5.74) is 1.21. The molecule has 0 unspecified atom stereocenters. The lowest BCUT2D eigenvalue weighted by Gasteiger charge is -2.15. The molecule has 3 aromatic heterocycles. The lowest BCUT2D eigenvalue weighted by Crippen LogP contribution is -2.40. The monoisotopic (exact) mass is 528 g/mol. The molecule has 5 rings (SSSR count). The Kier molecular flexibility index (Phi) is 5.83. The number of hydrogen-bond acceptors (Lipinski definition) is 8. The molecule has 1 aromatic carbocycles. The Morgan fingerprint density at radius 1 is 1.06 bits per heavy atom. The fourth-order valence-electron chi connectivity index (χ4n) is 4.54. The van der Waals surface area contributed by atoms with Crippen molar-refractivity contribution in [1.82, 2.24) is 19.3 Å². The van der Waals surface area contributed by atoms with Crippen LogP contribution in [0.3, 0.4) is 0 Å². The van der Waals surface area contributed by atoms with Gasteiger partial charge < -0.3 is 4.52 Å². The first kappa shape index (κ1) is 24.6. The van der Waals surface area contributed by atoms with Crippen molar-refractivity contribution in [1.29, 1.82) is 0 Å². The Hall–Kier alpha value is -3.05. The van der Waals surface area contributed by atoms with E-state index in [0.717, 1.165) is 33.0 Å². The second kappa shape index (κ2) is 8.52. The van der Waals surface area contributed by atoms with Crippen molar-refractivity contribution in [2.75, 3.05) is 5.75 Å². The van der Waals surface area contributed by atoms with Gasteiger partial charge in [-0.1, -0.05) is 12.1 Å². The molecule has 0 atom stereocenters. The van der Waals surface area contributed by atoms with E-state index in [4.69, 9.17) is 4.52 Å². The Morgan fingerprint density at radius 2 is 1.78 bits per heavy atom. The zero-order valence-corrected chi connectivity index (χ0v) is 22.5. The molecule has 1 saturated carbocycles. The summed E-state index contributed by atoms with van der Waals surface area (Å²) in [5.74, 6) is 0.561. The Morgan fingerprint density at radius 3 is 2.36 bits per heavy atom. The maximum Gasteiger partial charge on any atom is 0.332 e. The van der Waals surface area contributed by atoms with Gasteiger partial charge in [0.1, 0.15) is 5.76 Å². The predicted octanol–water partition coefficient (Wildman–Crippen LogP) is 3.51. The highest BCUT2D eigenvalue weighted by molar-refractivity contribution is 7.91. The largest absolute Gasteiger partial charge is 0.361 e. The van der Waals surface area contributed by atoms with Crippen LogP contribution >= 0.6 is 11.3 Å². The van der Waals surface area contributed by atoms with Crippen LogP contribution in [0.25, 0.3) is 10.9 Å². The highest BCUT2D eigenvalue weighted by Gasteiger charge is 2.42. The second-order valence-corrected chi connectivity index (χ2v) is 13.3. The van der Waals surface area contributed by atoms with Crippen molar-refractivity contribution < 1.29 is 12.9 Å². The van der Waals surface area contributed by atoms with Gasteiger partial charge in [-0.15, -0.1) is 11.3 Å². The predicted molar refractivity (Wildman–Crippen MR) is 138 cm³/mol. The third-order valence-electron chi connectivity index (χ3n) is 7.00. The van der Waals surface area contributed by atoms with Crippen LogP contribution in [0, 0.1) is 33.1 Å². The number of nitrogens with zero attached hydrogens (tertiary/aromatic N) is 4. The van der Waals surface area contributed by atoms with Crippen LogP contribution in [0.4, 0.5) is 0 Å². The molecule has 11 heteroatoms. The maximum absolute atomic E-state index is 13.7. The van der Waals surface area contributed by atoms with Crippen molar-refractivity contribution in [3.63, 3.8) is 0 Å². The SMILES string of the molecule is Cc1nc(C)c(Cn2c(=O)n(Cc3c(C)noc3C)c(=O)c3cc(S(=O)(=O)CC4(C)CC4)ccc32)s1. The molecule has 0 aliphatic heterocycles. The minimum Gasteiger partial charge on any atom is -0.361 e. The fourth-order valence-corrected chi connectivity index (χ4v) is 7.41. The highest BCUT2D eigenvalue weighted by Crippen LogP contribution is 2.46. The standard InChI is InChI=1S/C25H28N4O5S2/c1-14-20(16(3)34-27-14)11-29-23(30)19-10-18(36(32,33)13-25(5)8-9-25)6-7-21(19)28(24(29)31)12-22-15(2)26-17(4)35-22/h6-7,10H,8-9,11-13H2,1-5H3. The molecule has 36 heavy (non-hydrogen) atoms. The highest BCUT2D eigenvalue weighted by atomic mass is 32.2. The van der Waals surface area contributed by atoms with Crippen LogP contribution in [0.2, 0.25) is 0 Å². The maximum atomic E-state index is 13.7. The van der Waals surface area contributed by atoms with Crippen molar-refractivity contribution in [2.24, 2.45) is 5.41 Å². The Balaban J connectivity index is 1.73. The van der Waals surface area contributed by atoms with Gasteiger partial charge >= 0.3 is 5.69 Å². The van der Waals surface area contributed by atoms with Crippen LogP contribution in [-0.2, 0) is 22.9 Å². The number of hydrogen-bond donors (Lipinski definition) is 0. The summed E-state index contributed by atoms with van der Waals surface area (Å²) >= 11 is 1.49. The molecule has 4 aromatic rings. The summed E-state index contributed by atoms with van der Waals surface area (Å²) in [7, 11) is -3.59. The normalized spacial score (nSPS) is 15.0. The number of benzene rings is 1. The molecule has 3 heterocycles. The van der Waals surface area contributed by atoms with Gasteiger partial charge in [0.2, 0.25) is 0 Å². The number of aryl methyl sites for hydroxylation is 4. The molecule has 1 fully saturated rings. The summed E-state index contributed by atoms with van der Waals surface area (Å²) in [4.78, 5) is 32.8. The minimum absolute atomic E-state index is 0.0233. The number of fused-ring (bicyclic) bond motifs is 1. The Labute approximate surface area is 212 Å². The topological polar surface area (TPSA) is 117 Å². The molecule has 0 saturated heterocycles. The average molecular weight is 529 g/mol. The molecule has 0 amide bonds. The van der Waals surface area contributed by atoms with Crippen LogP contribution in [0.5, 0.6) is 0 Å². The van der Waals surface area contributed by atoms with E-state index in [2.05, 4.69) is 10.1 Å². The fraction of sp³-hybridized carbons (Fsp3) is 0.440. The number of sulfone groups is 1. The van der Waals surface area contributed by atoms with Gasteiger partial charge in [-0.2, -0.15) is 0 Å². The van der Waals surface area contributed by atoms with E-state index in [1.165, 1.54) is 28.0 Å². The van der Waals surface area contributed by atoms with Crippen LogP contribution in [-0.4, -0.2) is 33.4 Å². The molecule has 0 spiro atoms. The van der Waals surface area contributed by atoms with Gasteiger partial charge in [-0.3, -0.25) is 13.9 Å². The van der Waals surface area contributed by atoms with Gasteiger partial charge in [0.05, 0.1) is 51.0 Å². The van der Waals surface area contributed by atoms with E-state index < -0.39 is 21.1 Å². The van der Waals surface area contributed by atoms with Gasteiger partial charge in [0.25, 0.3) is 5.56 Å². The molecule has 0 bridgehead atoms. The van der Waals surface area contributed by atoms with Gasteiger partial charge in [0, 0.05) is 10.4 Å². The quantitative estimate of drug-likeness (QED) is 0.360. The van der Waals surface area contributed by atoms with Gasteiger partial charge in [-0.25, -0.2) is 18.2 Å². The number of rotatable bonds is 7.